The molecule has 0 radical (unpaired) electrons. The summed E-state index contributed by atoms with van der Waals surface area (Å²) < 4.78 is 0. The second-order valence-corrected chi connectivity index (χ2v) is 19.6. The van der Waals surface area contributed by atoms with Gasteiger partial charge in [-0.1, -0.05) is 102 Å². The van der Waals surface area contributed by atoms with Crippen molar-refractivity contribution in [2.45, 2.75) is 186 Å². The molecule has 0 heterocycles. The van der Waals surface area contributed by atoms with Crippen molar-refractivity contribution in [3.8, 4) is 0 Å². The SMILES string of the molecule is CC(C)(C)C1CC(C(C)(C)C)CC2(CCCCC2)C1.CC(C)(C)C1CCC2(CC1)CCC(C(C)(C)C)CC2. The maximum Gasteiger partial charge on any atom is -0.0292 e. The van der Waals surface area contributed by atoms with Crippen molar-refractivity contribution in [2.75, 3.05) is 0 Å². The standard InChI is InChI=1S/2C19H36/c1-17(2,3)15-7-11-19(12-8-15)13-9-16(10-14-19)18(4,5)6;1-17(2,3)15-12-16(18(4,5)6)14-19(13-15)10-8-7-9-11-19/h2*15-16H,7-14H2,1-6H3. The first-order chi connectivity index (χ1) is 17.2. The minimum absolute atomic E-state index is 0.494. The van der Waals surface area contributed by atoms with Gasteiger partial charge in [-0.2, -0.15) is 0 Å². The van der Waals surface area contributed by atoms with E-state index in [2.05, 4.69) is 83.1 Å². The first-order valence-corrected chi connectivity index (χ1v) is 17.2. The number of hydrogen-bond donors (Lipinski definition) is 0. The second kappa shape index (κ2) is 11.7. The van der Waals surface area contributed by atoms with Gasteiger partial charge in [0, 0.05) is 0 Å². The lowest BCUT2D eigenvalue weighted by atomic mass is 9.52. The summed E-state index contributed by atoms with van der Waals surface area (Å²) in [6.45, 7) is 29.4. The molecule has 2 spiro atoms. The monoisotopic (exact) mass is 529 g/mol. The average molecular weight is 529 g/mol. The van der Waals surface area contributed by atoms with E-state index in [1.807, 2.05) is 0 Å². The Labute approximate surface area is 241 Å². The van der Waals surface area contributed by atoms with Crippen LogP contribution in [0.1, 0.15) is 186 Å². The molecule has 4 rings (SSSR count). The first kappa shape index (κ1) is 32.5. The summed E-state index contributed by atoms with van der Waals surface area (Å²) in [7, 11) is 0. The highest BCUT2D eigenvalue weighted by molar-refractivity contribution is 4.97. The Balaban J connectivity index is 0.000000211. The van der Waals surface area contributed by atoms with E-state index in [0.29, 0.717) is 27.1 Å². The third-order valence-corrected chi connectivity index (χ3v) is 12.8. The fourth-order valence-electron chi connectivity index (χ4n) is 9.36. The molecule has 0 heteroatoms. The summed E-state index contributed by atoms with van der Waals surface area (Å²) in [6.07, 6.45) is 24.1. The molecule has 2 unspecified atom stereocenters. The lowest BCUT2D eigenvalue weighted by Gasteiger charge is -2.53. The van der Waals surface area contributed by atoms with Crippen LogP contribution >= 0.6 is 0 Å². The van der Waals surface area contributed by atoms with Crippen molar-refractivity contribution in [3.05, 3.63) is 0 Å². The van der Waals surface area contributed by atoms with Crippen molar-refractivity contribution in [1.29, 1.82) is 0 Å². The number of rotatable bonds is 0. The molecule has 4 saturated carbocycles. The highest BCUT2D eigenvalue weighted by Gasteiger charge is 2.47. The lowest BCUT2D eigenvalue weighted by molar-refractivity contribution is -0.0241. The third-order valence-electron chi connectivity index (χ3n) is 12.8. The molecule has 0 nitrogen and oxygen atoms in total. The quantitative estimate of drug-likeness (QED) is 0.293. The van der Waals surface area contributed by atoms with E-state index >= 15 is 0 Å². The molecule has 4 aliphatic carbocycles. The fraction of sp³-hybridized carbons (Fsp3) is 1.00. The van der Waals surface area contributed by atoms with Crippen LogP contribution in [0.4, 0.5) is 0 Å². The van der Waals surface area contributed by atoms with Crippen LogP contribution in [0.25, 0.3) is 0 Å². The highest BCUT2D eigenvalue weighted by atomic mass is 14.5. The minimum Gasteiger partial charge on any atom is -0.0599 e. The van der Waals surface area contributed by atoms with Gasteiger partial charge in [0.05, 0.1) is 0 Å². The molecular weight excluding hydrogens is 456 g/mol. The summed E-state index contributed by atoms with van der Waals surface area (Å²) in [5.74, 6) is 3.81. The van der Waals surface area contributed by atoms with Gasteiger partial charge in [0.1, 0.15) is 0 Å². The van der Waals surface area contributed by atoms with Gasteiger partial charge in [0.2, 0.25) is 0 Å². The number of hydrogen-bond acceptors (Lipinski definition) is 0. The van der Waals surface area contributed by atoms with Gasteiger partial charge in [0.25, 0.3) is 0 Å². The van der Waals surface area contributed by atoms with Crippen molar-refractivity contribution < 1.29 is 0 Å². The van der Waals surface area contributed by atoms with Crippen LogP contribution in [-0.4, -0.2) is 0 Å². The molecule has 2 atom stereocenters. The van der Waals surface area contributed by atoms with Crippen LogP contribution < -0.4 is 0 Å². The van der Waals surface area contributed by atoms with E-state index in [4.69, 9.17) is 0 Å². The van der Waals surface area contributed by atoms with Crippen LogP contribution in [0.15, 0.2) is 0 Å². The largest absolute Gasteiger partial charge is 0.0599 e. The van der Waals surface area contributed by atoms with Crippen LogP contribution in [-0.2, 0) is 0 Å². The summed E-state index contributed by atoms with van der Waals surface area (Å²) in [6, 6.07) is 0. The molecule has 0 saturated heterocycles. The van der Waals surface area contributed by atoms with Crippen molar-refractivity contribution in [3.63, 3.8) is 0 Å². The smallest absolute Gasteiger partial charge is 0.0292 e. The topological polar surface area (TPSA) is 0 Å². The van der Waals surface area contributed by atoms with E-state index < -0.39 is 0 Å². The van der Waals surface area contributed by atoms with Crippen molar-refractivity contribution in [2.24, 2.45) is 56.2 Å². The van der Waals surface area contributed by atoms with E-state index in [1.54, 1.807) is 0 Å². The molecule has 224 valence electrons. The maximum atomic E-state index is 2.47. The van der Waals surface area contributed by atoms with Gasteiger partial charge in [-0.25, -0.2) is 0 Å². The zero-order chi connectivity index (χ0) is 28.6. The van der Waals surface area contributed by atoms with E-state index in [0.717, 1.165) is 29.1 Å². The predicted octanol–water partition coefficient (Wildman–Crippen LogP) is 12.9. The Morgan fingerprint density at radius 2 is 0.684 bits per heavy atom. The zero-order valence-corrected chi connectivity index (χ0v) is 28.6. The van der Waals surface area contributed by atoms with Gasteiger partial charge in [-0.15, -0.1) is 0 Å². The Hall–Kier alpha value is 0. The van der Waals surface area contributed by atoms with E-state index in [9.17, 15) is 0 Å². The first-order valence-electron chi connectivity index (χ1n) is 17.2. The summed E-state index contributed by atoms with van der Waals surface area (Å²) in [5.41, 5.74) is 3.52. The van der Waals surface area contributed by atoms with Crippen LogP contribution in [0.2, 0.25) is 0 Å². The van der Waals surface area contributed by atoms with E-state index in [1.165, 1.54) is 103 Å². The molecule has 4 fully saturated rings. The van der Waals surface area contributed by atoms with Crippen LogP contribution in [0, 0.1) is 56.2 Å². The Morgan fingerprint density at radius 1 is 0.368 bits per heavy atom. The third kappa shape index (κ3) is 8.51. The van der Waals surface area contributed by atoms with Gasteiger partial charge < -0.3 is 0 Å². The van der Waals surface area contributed by atoms with Gasteiger partial charge in [0.15, 0.2) is 0 Å². The van der Waals surface area contributed by atoms with Gasteiger partial charge >= 0.3 is 0 Å². The van der Waals surface area contributed by atoms with Crippen LogP contribution in [0.3, 0.4) is 0 Å². The van der Waals surface area contributed by atoms with Crippen molar-refractivity contribution in [1.82, 2.24) is 0 Å². The minimum atomic E-state index is 0.494. The molecule has 0 aromatic rings. The Morgan fingerprint density at radius 3 is 0.974 bits per heavy atom. The van der Waals surface area contributed by atoms with Crippen molar-refractivity contribution >= 4 is 0 Å². The molecule has 0 N–H and O–H groups in total. The Bertz CT molecular complexity index is 644. The molecule has 0 bridgehead atoms. The molecule has 38 heavy (non-hydrogen) atoms. The lowest BCUT2D eigenvalue weighted by Crippen LogP contribution is -2.42. The summed E-state index contributed by atoms with van der Waals surface area (Å²) in [5, 5.41) is 0. The predicted molar refractivity (Wildman–Crippen MR) is 171 cm³/mol. The molecule has 0 amide bonds. The second-order valence-electron chi connectivity index (χ2n) is 19.6. The molecule has 0 aliphatic heterocycles. The molecule has 0 aromatic carbocycles. The molecule has 4 aliphatic rings. The summed E-state index contributed by atoms with van der Waals surface area (Å²) >= 11 is 0. The fourth-order valence-corrected chi connectivity index (χ4v) is 9.36. The average Bonchev–Trinajstić information content (AvgIpc) is 2.78. The normalized spacial score (nSPS) is 35.1. The van der Waals surface area contributed by atoms with Gasteiger partial charge in [-0.3, -0.25) is 0 Å². The van der Waals surface area contributed by atoms with E-state index in [-0.39, 0.29) is 0 Å². The van der Waals surface area contributed by atoms with Gasteiger partial charge in [-0.05, 0) is 140 Å². The van der Waals surface area contributed by atoms with Crippen LogP contribution in [0.5, 0.6) is 0 Å². The Kier molecular flexibility index (Phi) is 10.0. The molecule has 0 aromatic heterocycles. The highest BCUT2D eigenvalue weighted by Crippen LogP contribution is 2.58. The zero-order valence-electron chi connectivity index (χ0n) is 28.6. The molecular formula is C38H72. The maximum absolute atomic E-state index is 2.47. The summed E-state index contributed by atoms with van der Waals surface area (Å²) in [4.78, 5) is 0.